The molecular formula is C36H60O30. The first-order valence-electron chi connectivity index (χ1n) is 21.1. The molecule has 22 fully saturated rings. The topological polar surface area (TPSA) is 475 Å². The van der Waals surface area contributed by atoms with Gasteiger partial charge >= 0.3 is 0 Å². The van der Waals surface area contributed by atoms with Gasteiger partial charge in [0, 0.05) is 0 Å². The Bertz CT molecular complexity index is 1230. The highest BCUT2D eigenvalue weighted by atomic mass is 16.8. The molecule has 30 nitrogen and oxygen atoms in total. The summed E-state index contributed by atoms with van der Waals surface area (Å²) in [6.07, 6.45) is -58.5. The summed E-state index contributed by atoms with van der Waals surface area (Å²) in [5.41, 5.74) is 0. The van der Waals surface area contributed by atoms with E-state index in [4.69, 9.17) is 56.8 Å². The zero-order valence-corrected chi connectivity index (χ0v) is 34.5. The SMILES string of the molecule is OC[C@@H]1O[C@@H]2O[C@H]3[C@@H](O)[C@@H](O)[C@@H](O[C@H]4[C@@H](O)[C@@H](O)[C@@H](O[C@H]5[C@H](O)[C@H](O)[C@@H](O[C@H]6[C@@H](O)[C@@H](O)[C@@H](O[C@H]7[C@@H](O)[C@@H](O)[C@@H](O[C@@H]1[C@@H](O)[C@H]2O)O[C@H]7CO)O[C@H]6CO)O[C@H]5CO)O[C@H]4CO)O[C@H]3CO. The summed E-state index contributed by atoms with van der Waals surface area (Å²) < 4.78 is 67.9. The molecule has 22 heterocycles. The molecule has 0 unspecified atom stereocenters. The van der Waals surface area contributed by atoms with Crippen LogP contribution in [0, 0.1) is 0 Å². The van der Waals surface area contributed by atoms with Gasteiger partial charge < -0.3 is 149 Å². The molecule has 30 atom stereocenters. The van der Waals surface area contributed by atoms with E-state index in [9.17, 15) is 91.9 Å². The molecule has 12 bridgehead atoms. The normalized spacial score (nSPS) is 55.4. The molecule has 22 rings (SSSR count). The van der Waals surface area contributed by atoms with Crippen molar-refractivity contribution in [1.82, 2.24) is 0 Å². The average molecular weight is 973 g/mol. The van der Waals surface area contributed by atoms with Crippen LogP contribution in [-0.4, -0.2) is 316 Å². The predicted octanol–water partition coefficient (Wildman–Crippen LogP) is -13.1. The Hall–Kier alpha value is -1.20. The molecule has 0 aliphatic carbocycles. The van der Waals surface area contributed by atoms with Crippen molar-refractivity contribution in [2.75, 3.05) is 39.6 Å². The van der Waals surface area contributed by atoms with Crippen molar-refractivity contribution in [3.05, 3.63) is 0 Å². The van der Waals surface area contributed by atoms with E-state index in [0.29, 0.717) is 0 Å². The molecule has 30 heteroatoms. The quantitative estimate of drug-likeness (QED) is 0.117. The first kappa shape index (κ1) is 52.6. The van der Waals surface area contributed by atoms with Gasteiger partial charge in [0.2, 0.25) is 0 Å². The lowest BCUT2D eigenvalue weighted by atomic mass is 9.94. The maximum absolute atomic E-state index is 11.2. The van der Waals surface area contributed by atoms with E-state index in [1.807, 2.05) is 0 Å². The van der Waals surface area contributed by atoms with Gasteiger partial charge in [-0.2, -0.15) is 0 Å². The molecule has 22 aliphatic heterocycles. The summed E-state index contributed by atoms with van der Waals surface area (Å²) in [6, 6.07) is 0. The van der Waals surface area contributed by atoms with Gasteiger partial charge in [0.1, 0.15) is 146 Å². The van der Waals surface area contributed by atoms with Crippen LogP contribution in [0.5, 0.6) is 0 Å². The molecule has 22 saturated heterocycles. The zero-order valence-electron chi connectivity index (χ0n) is 34.5. The Morgan fingerprint density at radius 1 is 0.182 bits per heavy atom. The molecule has 0 aromatic heterocycles. The summed E-state index contributed by atoms with van der Waals surface area (Å²) >= 11 is 0. The first-order valence-corrected chi connectivity index (χ1v) is 21.1. The van der Waals surface area contributed by atoms with Crippen LogP contribution in [0.1, 0.15) is 0 Å². The average Bonchev–Trinajstić information content (AvgIpc) is 3.31. The van der Waals surface area contributed by atoms with Crippen molar-refractivity contribution in [2.24, 2.45) is 0 Å². The number of hydrogen-bond acceptors (Lipinski definition) is 30. The van der Waals surface area contributed by atoms with Crippen LogP contribution in [0.3, 0.4) is 0 Å². The van der Waals surface area contributed by atoms with Gasteiger partial charge in [-0.15, -0.1) is 0 Å². The Balaban J connectivity index is 1.19. The highest BCUT2D eigenvalue weighted by molar-refractivity contribution is 5.01. The van der Waals surface area contributed by atoms with Crippen LogP contribution >= 0.6 is 0 Å². The van der Waals surface area contributed by atoms with Crippen LogP contribution in [0.4, 0.5) is 0 Å². The Kier molecular flexibility index (Phi) is 17.6. The van der Waals surface area contributed by atoms with Crippen molar-refractivity contribution < 1.29 is 149 Å². The molecule has 18 N–H and O–H groups in total. The number of aliphatic hydroxyl groups excluding tert-OH is 18. The maximum Gasteiger partial charge on any atom is 0.187 e. The minimum absolute atomic E-state index is 0.999. The molecule has 0 aromatic rings. The van der Waals surface area contributed by atoms with E-state index < -0.39 is 224 Å². The third-order valence-electron chi connectivity index (χ3n) is 12.7. The summed E-state index contributed by atoms with van der Waals surface area (Å²) in [4.78, 5) is 0. The zero-order chi connectivity index (χ0) is 48.0. The van der Waals surface area contributed by atoms with Gasteiger partial charge in [0.15, 0.2) is 37.7 Å². The lowest BCUT2D eigenvalue weighted by Crippen LogP contribution is -2.69. The maximum atomic E-state index is 11.2. The largest absolute Gasteiger partial charge is 0.394 e. The van der Waals surface area contributed by atoms with Gasteiger partial charge in [-0.25, -0.2) is 0 Å². The standard InChI is InChI=1S/C36H60O30/c37-1-7-25-13(43)19(49)31(55-7)62-26-8(2-38)57-33(21(51)15(26)45)64-28-10(4-40)59-35(23(53)17(28)47)66-30-12(6-42)60-36(24(54)18(30)48)65-29-11(5-41)58-34(22(52)16(29)46)63-27-9(3-39)56-32(61-25)20(50)14(27)44/h7-54H,1-6H2/t7-,8-,9-,10-,11-,12-,13-,14-,15-,16-,17-,18+,19+,20+,21+,22+,23+,24-,25-,26+,27+,28+,29+,30+,31+,32+,33+,34+,35+,36+/m0/s1. The van der Waals surface area contributed by atoms with E-state index in [-0.39, 0.29) is 0 Å². The van der Waals surface area contributed by atoms with E-state index in [2.05, 4.69) is 0 Å². The van der Waals surface area contributed by atoms with Gasteiger partial charge in [-0.3, -0.25) is 0 Å². The molecule has 0 amide bonds. The Morgan fingerprint density at radius 2 is 0.303 bits per heavy atom. The smallest absolute Gasteiger partial charge is 0.187 e. The highest BCUT2D eigenvalue weighted by Gasteiger charge is 2.58. The Morgan fingerprint density at radius 3 is 0.409 bits per heavy atom. The molecular weight excluding hydrogens is 912 g/mol. The lowest BCUT2D eigenvalue weighted by Gasteiger charge is -2.50. The van der Waals surface area contributed by atoms with Gasteiger partial charge in [0.25, 0.3) is 0 Å². The highest BCUT2D eigenvalue weighted by Crippen LogP contribution is 2.38. The van der Waals surface area contributed by atoms with Crippen molar-refractivity contribution in [2.45, 2.75) is 184 Å². The van der Waals surface area contributed by atoms with E-state index in [0.717, 1.165) is 0 Å². The van der Waals surface area contributed by atoms with Crippen molar-refractivity contribution in [3.8, 4) is 0 Å². The lowest BCUT2D eigenvalue weighted by molar-refractivity contribution is -0.404. The minimum Gasteiger partial charge on any atom is -0.394 e. The van der Waals surface area contributed by atoms with Crippen LogP contribution in [0.2, 0.25) is 0 Å². The molecule has 66 heavy (non-hydrogen) atoms. The van der Waals surface area contributed by atoms with Crippen LogP contribution in [-0.2, 0) is 56.8 Å². The molecule has 384 valence electrons. The Labute approximate surface area is 372 Å². The molecule has 22 aliphatic rings. The predicted molar refractivity (Wildman–Crippen MR) is 196 cm³/mol. The number of aliphatic hydroxyl groups is 18. The van der Waals surface area contributed by atoms with Crippen LogP contribution in [0.15, 0.2) is 0 Å². The van der Waals surface area contributed by atoms with E-state index in [1.54, 1.807) is 0 Å². The van der Waals surface area contributed by atoms with Gasteiger partial charge in [0.05, 0.1) is 39.6 Å². The van der Waals surface area contributed by atoms with Crippen LogP contribution < -0.4 is 0 Å². The molecule has 0 spiro atoms. The monoisotopic (exact) mass is 972 g/mol. The second kappa shape index (κ2) is 22.1. The fraction of sp³-hybridized carbons (Fsp3) is 1.00. The third-order valence-corrected chi connectivity index (χ3v) is 12.7. The fourth-order valence-corrected chi connectivity index (χ4v) is 8.93. The van der Waals surface area contributed by atoms with Gasteiger partial charge in [-0.05, 0) is 0 Å². The summed E-state index contributed by atoms with van der Waals surface area (Å²) in [5.74, 6) is 0. The van der Waals surface area contributed by atoms with E-state index in [1.165, 1.54) is 0 Å². The van der Waals surface area contributed by atoms with Crippen LogP contribution in [0.25, 0.3) is 0 Å². The second-order valence-corrected chi connectivity index (χ2v) is 16.8. The molecule has 0 saturated carbocycles. The second-order valence-electron chi connectivity index (χ2n) is 16.8. The fourth-order valence-electron chi connectivity index (χ4n) is 8.93. The summed E-state index contributed by atoms with van der Waals surface area (Å²) in [7, 11) is 0. The number of ether oxygens (including phenoxy) is 12. The van der Waals surface area contributed by atoms with E-state index >= 15 is 0 Å². The van der Waals surface area contributed by atoms with Gasteiger partial charge in [-0.1, -0.05) is 0 Å². The number of hydrogen-bond donors (Lipinski definition) is 18. The summed E-state index contributed by atoms with van der Waals surface area (Å²) in [5, 5.41) is 196. The minimum atomic E-state index is -2.15. The third kappa shape index (κ3) is 10.0. The van der Waals surface area contributed by atoms with Crippen molar-refractivity contribution >= 4 is 0 Å². The molecule has 0 radical (unpaired) electrons. The first-order chi connectivity index (χ1) is 31.4. The molecule has 0 aromatic carbocycles. The van der Waals surface area contributed by atoms with Crippen molar-refractivity contribution in [1.29, 1.82) is 0 Å². The summed E-state index contributed by atoms with van der Waals surface area (Å²) in [6.45, 7) is -5.99. The van der Waals surface area contributed by atoms with Crippen molar-refractivity contribution in [3.63, 3.8) is 0 Å². The number of rotatable bonds is 6.